The summed E-state index contributed by atoms with van der Waals surface area (Å²) in [6, 6.07) is 1.02. The molecule has 0 aliphatic carbocycles. The zero-order chi connectivity index (χ0) is 22.9. The minimum Gasteiger partial charge on any atom is -1.00 e. The predicted octanol–water partition coefficient (Wildman–Crippen LogP) is -5.40. The molecule has 3 unspecified atom stereocenters. The number of rotatable bonds is 10. The summed E-state index contributed by atoms with van der Waals surface area (Å²) < 4.78 is 6.65. The zero-order valence-electron chi connectivity index (χ0n) is 21.6. The van der Waals surface area contributed by atoms with Gasteiger partial charge in [0.05, 0.1) is 52.0 Å². The lowest BCUT2D eigenvalue weighted by Crippen LogP contribution is -3.17. The van der Waals surface area contributed by atoms with Gasteiger partial charge in [0.25, 0.3) is 0 Å². The van der Waals surface area contributed by atoms with Crippen molar-refractivity contribution < 1.29 is 48.1 Å². The summed E-state index contributed by atoms with van der Waals surface area (Å²) in [5.41, 5.74) is 6.41. The minimum atomic E-state index is 0. The molecular weight excluding hydrogens is 550 g/mol. The normalized spacial score (nSPS) is 23.6. The number of quaternary nitrogens is 2. The van der Waals surface area contributed by atoms with Crippen molar-refractivity contribution in [2.45, 2.75) is 65.5 Å². The Hall–Kier alpha value is -0.420. The van der Waals surface area contributed by atoms with Gasteiger partial charge in [0.2, 0.25) is 5.96 Å². The van der Waals surface area contributed by atoms with Crippen LogP contribution >= 0.6 is 0 Å². The first-order valence-corrected chi connectivity index (χ1v) is 12.5. The van der Waals surface area contributed by atoms with E-state index in [0.29, 0.717) is 18.0 Å². The van der Waals surface area contributed by atoms with Crippen molar-refractivity contribution in [3.05, 3.63) is 0 Å². The molecule has 196 valence electrons. The smallest absolute Gasteiger partial charge is 0.220 e. The fraction of sp³-hybridized carbons (Fsp3) is 0.913. The first-order valence-electron chi connectivity index (χ1n) is 12.5. The molecule has 0 amide bonds. The van der Waals surface area contributed by atoms with Gasteiger partial charge in [-0.2, -0.15) is 4.99 Å². The van der Waals surface area contributed by atoms with E-state index in [0.717, 1.165) is 82.8 Å². The number of morpholine rings is 1. The summed E-state index contributed by atoms with van der Waals surface area (Å²) in [4.78, 5) is 10.3. The number of aliphatic imine (C=N–C) groups is 1. The van der Waals surface area contributed by atoms with E-state index in [2.05, 4.69) is 37.6 Å². The largest absolute Gasteiger partial charge is 1.00 e. The monoisotopic (exact) mass is 597 g/mol. The van der Waals surface area contributed by atoms with Gasteiger partial charge in [-0.1, -0.05) is 0 Å². The Kier molecular flexibility index (Phi) is 16.1. The number of unbranched alkanes of at least 4 members (excludes halogenated alkanes) is 1. The van der Waals surface area contributed by atoms with E-state index in [1.165, 1.54) is 13.0 Å². The van der Waals surface area contributed by atoms with Crippen molar-refractivity contribution in [3.63, 3.8) is 0 Å². The van der Waals surface area contributed by atoms with Gasteiger partial charge in [-0.3, -0.25) is 5.41 Å². The number of hydrogen-bond acceptors (Lipinski definition) is 2. The summed E-state index contributed by atoms with van der Waals surface area (Å²) in [5.74, 6) is 0.796. The average molecular weight is 600 g/mol. The number of nitrogens with zero attached hydrogens (tertiary/aromatic N) is 4. The molecule has 0 aromatic carbocycles. The Labute approximate surface area is 223 Å². The summed E-state index contributed by atoms with van der Waals surface area (Å²) in [7, 11) is 1.96. The summed E-state index contributed by atoms with van der Waals surface area (Å²) in [5, 5.41) is 8.41. The molecule has 0 radical (unpaired) electrons. The molecule has 4 N–H and O–H groups in total. The van der Waals surface area contributed by atoms with Crippen LogP contribution in [0, 0.1) is 5.41 Å². The third-order valence-electron chi connectivity index (χ3n) is 7.74. The van der Waals surface area contributed by atoms with E-state index in [4.69, 9.17) is 15.9 Å². The van der Waals surface area contributed by atoms with E-state index in [1.54, 1.807) is 4.90 Å². The Morgan fingerprint density at radius 2 is 1.88 bits per heavy atom. The SMILES string of the molecule is CC[N+](CC)(CC)CC1CCCN1C(N)=NC(=N)N(C)CCCC[NH+]1CCOCC1C.[Br-].[Br-]. The van der Waals surface area contributed by atoms with Crippen molar-refractivity contribution in [1.29, 1.82) is 5.41 Å². The number of halogens is 2. The maximum atomic E-state index is 8.41. The fourth-order valence-corrected chi connectivity index (χ4v) is 5.10. The van der Waals surface area contributed by atoms with Crippen LogP contribution in [0.2, 0.25) is 0 Å². The van der Waals surface area contributed by atoms with E-state index in [1.807, 2.05) is 11.9 Å². The lowest BCUT2D eigenvalue weighted by Gasteiger charge is -2.40. The van der Waals surface area contributed by atoms with Crippen LogP contribution in [0.5, 0.6) is 0 Å². The van der Waals surface area contributed by atoms with Gasteiger partial charge in [-0.25, -0.2) is 0 Å². The van der Waals surface area contributed by atoms with Crippen LogP contribution in [0.3, 0.4) is 0 Å². The first kappa shape index (κ1) is 32.6. The molecule has 3 atom stereocenters. The molecule has 2 fully saturated rings. The number of nitrogens with one attached hydrogen (secondary N) is 2. The molecule has 2 aliphatic rings. The minimum absolute atomic E-state index is 0. The van der Waals surface area contributed by atoms with Gasteiger partial charge in [0.1, 0.15) is 12.6 Å². The van der Waals surface area contributed by atoms with Crippen molar-refractivity contribution >= 4 is 11.9 Å². The molecule has 0 saturated carbocycles. The number of likely N-dealkylation sites (tertiary alicyclic amines) is 1. The summed E-state index contributed by atoms with van der Waals surface area (Å²) in [6.45, 7) is 19.5. The van der Waals surface area contributed by atoms with Crippen molar-refractivity contribution in [2.24, 2.45) is 10.7 Å². The Morgan fingerprint density at radius 3 is 2.48 bits per heavy atom. The molecule has 2 aliphatic heterocycles. The Morgan fingerprint density at radius 1 is 1.21 bits per heavy atom. The number of likely N-dealkylation sites (N-methyl/N-ethyl adjacent to an activating group) is 1. The second kappa shape index (κ2) is 16.3. The van der Waals surface area contributed by atoms with E-state index >= 15 is 0 Å². The van der Waals surface area contributed by atoms with Crippen LogP contribution in [-0.4, -0.2) is 111 Å². The Bertz CT molecular complexity index is 581. The number of nitrogens with two attached hydrogens (primary N) is 1. The molecule has 0 aromatic rings. The predicted molar refractivity (Wildman–Crippen MR) is 129 cm³/mol. The molecule has 8 nitrogen and oxygen atoms in total. The summed E-state index contributed by atoms with van der Waals surface area (Å²) in [6.07, 6.45) is 4.56. The Balaban J connectivity index is 0.00000512. The van der Waals surface area contributed by atoms with Gasteiger partial charge in [-0.15, -0.1) is 0 Å². The second-order valence-corrected chi connectivity index (χ2v) is 9.52. The standard InChI is InChI=1S/C23H48N7O.2BrH/c1-6-30(7-2,8-3)18-21-12-11-15-29(21)23(25)26-22(24)27(5)13-9-10-14-28-16-17-31-19-20(28)4;;/h20-21H,6-19H2,1-5H3,(H3,24,25,26);2*1H/q+1;;/p-1. The molecule has 33 heavy (non-hydrogen) atoms. The maximum Gasteiger partial charge on any atom is 0.220 e. The third kappa shape index (κ3) is 9.63. The lowest BCUT2D eigenvalue weighted by molar-refractivity contribution is -0.931. The van der Waals surface area contributed by atoms with Crippen molar-refractivity contribution in [2.75, 3.05) is 72.6 Å². The molecule has 0 bridgehead atoms. The van der Waals surface area contributed by atoms with Crippen LogP contribution in [-0.2, 0) is 4.74 Å². The first-order chi connectivity index (χ1) is 14.9. The molecule has 0 aromatic heterocycles. The molecule has 0 spiro atoms. The van der Waals surface area contributed by atoms with Gasteiger partial charge in [-0.05, 0) is 53.4 Å². The maximum absolute atomic E-state index is 8.41. The van der Waals surface area contributed by atoms with Crippen LogP contribution in [0.1, 0.15) is 53.4 Å². The number of ether oxygens (including phenoxy) is 1. The van der Waals surface area contributed by atoms with E-state index in [-0.39, 0.29) is 39.9 Å². The van der Waals surface area contributed by atoms with Crippen molar-refractivity contribution in [1.82, 2.24) is 9.80 Å². The summed E-state index contributed by atoms with van der Waals surface area (Å²) >= 11 is 0. The van der Waals surface area contributed by atoms with Crippen LogP contribution in [0.15, 0.2) is 4.99 Å². The number of guanidine groups is 2. The molecular formula is C23H49Br2N7O. The van der Waals surface area contributed by atoms with E-state index in [9.17, 15) is 0 Å². The zero-order valence-corrected chi connectivity index (χ0v) is 24.8. The molecule has 2 heterocycles. The van der Waals surface area contributed by atoms with Gasteiger partial charge < -0.3 is 63.6 Å². The van der Waals surface area contributed by atoms with Crippen molar-refractivity contribution in [3.8, 4) is 0 Å². The van der Waals surface area contributed by atoms with Gasteiger partial charge >= 0.3 is 0 Å². The van der Waals surface area contributed by atoms with Crippen LogP contribution in [0.4, 0.5) is 0 Å². The highest BCUT2D eigenvalue weighted by Gasteiger charge is 2.34. The van der Waals surface area contributed by atoms with Gasteiger partial charge in [0, 0.05) is 20.1 Å². The molecule has 2 saturated heterocycles. The lowest BCUT2D eigenvalue weighted by atomic mass is 10.1. The highest BCUT2D eigenvalue weighted by molar-refractivity contribution is 5.92. The second-order valence-electron chi connectivity index (χ2n) is 9.52. The average Bonchev–Trinajstić information content (AvgIpc) is 3.24. The molecule has 10 heteroatoms. The topological polar surface area (TPSA) is 82.4 Å². The quantitative estimate of drug-likeness (QED) is 0.102. The van der Waals surface area contributed by atoms with Crippen LogP contribution < -0.4 is 44.6 Å². The van der Waals surface area contributed by atoms with E-state index < -0.39 is 0 Å². The number of hydrogen-bond donors (Lipinski definition) is 3. The fourth-order valence-electron chi connectivity index (χ4n) is 5.10. The molecule has 2 rings (SSSR count). The van der Waals surface area contributed by atoms with Gasteiger partial charge in [0.15, 0.2) is 5.96 Å². The highest BCUT2D eigenvalue weighted by Crippen LogP contribution is 2.21. The highest BCUT2D eigenvalue weighted by atomic mass is 79.9. The third-order valence-corrected chi connectivity index (χ3v) is 7.74. The van der Waals surface area contributed by atoms with Crippen LogP contribution in [0.25, 0.3) is 0 Å².